The van der Waals surface area contributed by atoms with E-state index in [0.717, 1.165) is 12.8 Å². The van der Waals surface area contributed by atoms with E-state index in [9.17, 15) is 17.1 Å². The van der Waals surface area contributed by atoms with Gasteiger partial charge in [0.25, 0.3) is 0 Å². The van der Waals surface area contributed by atoms with E-state index in [-0.39, 0.29) is 18.1 Å². The molecular weight excluding hydrogens is 289 g/mol. The van der Waals surface area contributed by atoms with E-state index in [1.807, 2.05) is 0 Å². The lowest BCUT2D eigenvalue weighted by atomic mass is 10.3. The lowest BCUT2D eigenvalue weighted by Crippen LogP contribution is -2.14. The van der Waals surface area contributed by atoms with Gasteiger partial charge in [-0.1, -0.05) is 3.89 Å². The van der Waals surface area contributed by atoms with Crippen LogP contribution in [0, 0.1) is 0 Å². The summed E-state index contributed by atoms with van der Waals surface area (Å²) in [7, 11) is -5.03. The van der Waals surface area contributed by atoms with Gasteiger partial charge in [0.05, 0.1) is 19.1 Å². The molecule has 0 saturated heterocycles. The molecule has 8 heteroatoms. The summed E-state index contributed by atoms with van der Waals surface area (Å²) in [6, 6.07) is 5.32. The minimum Gasteiger partial charge on any atom is -0.378 e. The highest BCUT2D eigenvalue weighted by atomic mass is 32.3. The Kier molecular flexibility index (Phi) is 4.56. The fraction of sp³-hybridized carbons (Fsp3) is 0.417. The maximum absolute atomic E-state index is 12.3. The summed E-state index contributed by atoms with van der Waals surface area (Å²) < 4.78 is 42.2. The molecule has 0 spiro atoms. The van der Waals surface area contributed by atoms with Crippen LogP contribution in [0.5, 0.6) is 5.75 Å². The van der Waals surface area contributed by atoms with Crippen molar-refractivity contribution < 1.29 is 26.0 Å². The molecule has 0 unspecified atom stereocenters. The summed E-state index contributed by atoms with van der Waals surface area (Å²) in [4.78, 5) is 11.5. The highest BCUT2D eigenvalue weighted by Gasteiger charge is 2.21. The van der Waals surface area contributed by atoms with Gasteiger partial charge in [0, 0.05) is 5.69 Å². The number of amides is 1. The number of ether oxygens (including phenoxy) is 1. The summed E-state index contributed by atoms with van der Waals surface area (Å²) >= 11 is 0. The van der Waals surface area contributed by atoms with Gasteiger partial charge in [-0.15, -0.1) is 0 Å². The highest BCUT2D eigenvalue weighted by molar-refractivity contribution is 7.81. The number of carbonyl (C=O) groups is 1. The molecule has 1 aliphatic carbocycles. The van der Waals surface area contributed by atoms with Crippen LogP contribution >= 0.6 is 0 Å². The van der Waals surface area contributed by atoms with Gasteiger partial charge in [-0.2, -0.15) is 8.42 Å². The maximum Gasteiger partial charge on any atom is 0.488 e. The topological polar surface area (TPSA) is 81.7 Å². The van der Waals surface area contributed by atoms with Crippen molar-refractivity contribution in [3.05, 3.63) is 24.3 Å². The Morgan fingerprint density at radius 2 is 1.95 bits per heavy atom. The molecule has 20 heavy (non-hydrogen) atoms. The van der Waals surface area contributed by atoms with E-state index in [1.54, 1.807) is 0 Å². The Morgan fingerprint density at radius 1 is 1.30 bits per heavy atom. The average molecular weight is 303 g/mol. The van der Waals surface area contributed by atoms with Crippen molar-refractivity contribution >= 4 is 22.1 Å². The van der Waals surface area contributed by atoms with Crippen molar-refractivity contribution in [1.82, 2.24) is 0 Å². The summed E-state index contributed by atoms with van der Waals surface area (Å²) in [6.45, 7) is 0.373. The first-order valence-electron chi connectivity index (χ1n) is 6.08. The standard InChI is InChI=1S/C12H14FNO5S/c13-20(16,17)19-11-3-1-9(2-4-11)14-12(15)7-8-18-10-5-6-10/h1-4,10H,5-8H2,(H,14,15). The zero-order valence-electron chi connectivity index (χ0n) is 10.5. The summed E-state index contributed by atoms with van der Waals surface area (Å²) in [5.74, 6) is -0.375. The molecule has 0 bridgehead atoms. The van der Waals surface area contributed by atoms with E-state index >= 15 is 0 Å². The van der Waals surface area contributed by atoms with Crippen molar-refractivity contribution in [2.45, 2.75) is 25.4 Å². The fourth-order valence-electron chi connectivity index (χ4n) is 1.49. The molecule has 2 rings (SSSR count). The molecular formula is C12H14FNO5S. The molecule has 1 aromatic rings. The van der Waals surface area contributed by atoms with Crippen LogP contribution in [-0.4, -0.2) is 27.0 Å². The van der Waals surface area contributed by atoms with Gasteiger partial charge in [-0.05, 0) is 37.1 Å². The van der Waals surface area contributed by atoms with Crippen LogP contribution in [0.4, 0.5) is 9.57 Å². The molecule has 1 saturated carbocycles. The minimum absolute atomic E-state index is 0.164. The number of carbonyl (C=O) groups excluding carboxylic acids is 1. The quantitative estimate of drug-likeness (QED) is 0.777. The van der Waals surface area contributed by atoms with E-state index in [0.29, 0.717) is 18.4 Å². The van der Waals surface area contributed by atoms with Gasteiger partial charge in [-0.3, -0.25) is 4.79 Å². The Labute approximate surface area is 116 Å². The number of benzene rings is 1. The molecule has 6 nitrogen and oxygen atoms in total. The molecule has 0 radical (unpaired) electrons. The van der Waals surface area contributed by atoms with Crippen molar-refractivity contribution in [3.8, 4) is 5.75 Å². The average Bonchev–Trinajstić information content (AvgIpc) is 3.14. The second kappa shape index (κ2) is 6.19. The number of anilines is 1. The van der Waals surface area contributed by atoms with E-state index < -0.39 is 10.5 Å². The van der Waals surface area contributed by atoms with Crippen LogP contribution in [0.1, 0.15) is 19.3 Å². The van der Waals surface area contributed by atoms with Crippen molar-refractivity contribution in [2.24, 2.45) is 0 Å². The van der Waals surface area contributed by atoms with Crippen molar-refractivity contribution in [2.75, 3.05) is 11.9 Å². The molecule has 0 heterocycles. The van der Waals surface area contributed by atoms with Gasteiger partial charge < -0.3 is 14.2 Å². The lowest BCUT2D eigenvalue weighted by Gasteiger charge is -2.06. The van der Waals surface area contributed by atoms with Crippen LogP contribution < -0.4 is 9.50 Å². The number of halogens is 1. The Balaban J connectivity index is 1.78. The van der Waals surface area contributed by atoms with E-state index in [4.69, 9.17) is 4.74 Å². The predicted molar refractivity (Wildman–Crippen MR) is 69.3 cm³/mol. The summed E-state index contributed by atoms with van der Waals surface area (Å²) in [5, 5.41) is 2.61. The highest BCUT2D eigenvalue weighted by Crippen LogP contribution is 2.23. The van der Waals surface area contributed by atoms with Gasteiger partial charge in [0.1, 0.15) is 5.75 Å². The first kappa shape index (κ1) is 14.7. The molecule has 1 aliphatic rings. The normalized spacial score (nSPS) is 14.8. The van der Waals surface area contributed by atoms with E-state index in [1.165, 1.54) is 24.3 Å². The largest absolute Gasteiger partial charge is 0.488 e. The third-order valence-electron chi connectivity index (χ3n) is 2.54. The molecule has 1 N–H and O–H groups in total. The first-order chi connectivity index (χ1) is 9.42. The molecule has 1 fully saturated rings. The third-order valence-corrected chi connectivity index (χ3v) is 2.93. The molecule has 110 valence electrons. The van der Waals surface area contributed by atoms with Crippen LogP contribution in [0.15, 0.2) is 24.3 Å². The van der Waals surface area contributed by atoms with Crippen molar-refractivity contribution in [1.29, 1.82) is 0 Å². The monoisotopic (exact) mass is 303 g/mol. The zero-order chi connectivity index (χ0) is 14.6. The van der Waals surface area contributed by atoms with Crippen LogP contribution in [0.3, 0.4) is 0 Å². The smallest absolute Gasteiger partial charge is 0.378 e. The van der Waals surface area contributed by atoms with Crippen LogP contribution in [-0.2, 0) is 20.0 Å². The zero-order valence-corrected chi connectivity index (χ0v) is 11.4. The molecule has 1 aromatic carbocycles. The number of rotatable bonds is 7. The number of hydrogen-bond acceptors (Lipinski definition) is 5. The van der Waals surface area contributed by atoms with Gasteiger partial charge in [0.2, 0.25) is 5.91 Å². The SMILES string of the molecule is O=C(CCOC1CC1)Nc1ccc(OS(=O)(=O)F)cc1. The minimum atomic E-state index is -5.03. The van der Waals surface area contributed by atoms with Gasteiger partial charge in [0.15, 0.2) is 0 Å². The summed E-state index contributed by atoms with van der Waals surface area (Å²) in [6.07, 6.45) is 2.66. The second-order valence-corrected chi connectivity index (χ2v) is 5.32. The second-order valence-electron chi connectivity index (χ2n) is 4.37. The van der Waals surface area contributed by atoms with Crippen LogP contribution in [0.25, 0.3) is 0 Å². The maximum atomic E-state index is 12.3. The molecule has 0 atom stereocenters. The Bertz CT molecular complexity index is 568. The third kappa shape index (κ3) is 5.54. The van der Waals surface area contributed by atoms with Gasteiger partial charge >= 0.3 is 10.5 Å². The Hall–Kier alpha value is -1.67. The predicted octanol–water partition coefficient (Wildman–Crippen LogP) is 1.79. The summed E-state index contributed by atoms with van der Waals surface area (Å²) in [5.41, 5.74) is 0.463. The molecule has 1 amide bonds. The molecule has 0 aliphatic heterocycles. The molecule has 0 aromatic heterocycles. The van der Waals surface area contributed by atoms with E-state index in [2.05, 4.69) is 9.50 Å². The van der Waals surface area contributed by atoms with Crippen molar-refractivity contribution in [3.63, 3.8) is 0 Å². The fourth-order valence-corrected chi connectivity index (χ4v) is 1.83. The number of hydrogen-bond donors (Lipinski definition) is 1. The van der Waals surface area contributed by atoms with Gasteiger partial charge in [-0.25, -0.2) is 0 Å². The first-order valence-corrected chi connectivity index (χ1v) is 7.39. The number of nitrogens with one attached hydrogen (secondary N) is 1. The lowest BCUT2D eigenvalue weighted by molar-refractivity contribution is -0.117. The van der Waals surface area contributed by atoms with Crippen LogP contribution in [0.2, 0.25) is 0 Å². The Morgan fingerprint density at radius 3 is 2.50 bits per heavy atom.